The molecule has 0 radical (unpaired) electrons. The molecule has 0 aliphatic carbocycles. The van der Waals surface area contributed by atoms with E-state index in [4.69, 9.17) is 0 Å². The van der Waals surface area contributed by atoms with E-state index in [1.165, 1.54) is 22.3 Å². The van der Waals surface area contributed by atoms with Crippen molar-refractivity contribution >= 4 is 6.08 Å². The van der Waals surface area contributed by atoms with Gasteiger partial charge in [-0.25, -0.2) is 0 Å². The summed E-state index contributed by atoms with van der Waals surface area (Å²) in [6.07, 6.45) is 1.83. The molecule has 0 bridgehead atoms. The van der Waals surface area contributed by atoms with Gasteiger partial charge in [0.15, 0.2) is 0 Å². The summed E-state index contributed by atoms with van der Waals surface area (Å²) in [5, 5.41) is 0. The summed E-state index contributed by atoms with van der Waals surface area (Å²) in [5.41, 5.74) is 5.36. The molecule has 0 aromatic heterocycles. The third-order valence-electron chi connectivity index (χ3n) is 2.91. The standard InChI is InChI=1S/C9H12.C8H8/c1-7-5-4-6-8(2)9(7)3;1-2-8-6-4-3-5-7-8/h4-6H,1-3H3;2-7H,1H2. The Labute approximate surface area is 105 Å². The highest BCUT2D eigenvalue weighted by Gasteiger charge is 1.91. The van der Waals surface area contributed by atoms with Gasteiger partial charge in [0, 0.05) is 0 Å². The van der Waals surface area contributed by atoms with E-state index in [-0.39, 0.29) is 0 Å². The largest absolute Gasteiger partial charge is 0.0985 e. The Balaban J connectivity index is 0.000000171. The Morgan fingerprint density at radius 1 is 0.765 bits per heavy atom. The van der Waals surface area contributed by atoms with E-state index in [0.29, 0.717) is 0 Å². The molecule has 2 rings (SSSR count). The zero-order chi connectivity index (χ0) is 12.7. The van der Waals surface area contributed by atoms with Gasteiger partial charge in [-0.3, -0.25) is 0 Å². The number of aryl methyl sites for hydroxylation is 2. The summed E-state index contributed by atoms with van der Waals surface area (Å²) in [7, 11) is 0. The van der Waals surface area contributed by atoms with Crippen LogP contribution < -0.4 is 0 Å². The van der Waals surface area contributed by atoms with Gasteiger partial charge >= 0.3 is 0 Å². The molecule has 0 heteroatoms. The molecule has 0 nitrogen and oxygen atoms in total. The molecule has 0 fully saturated rings. The van der Waals surface area contributed by atoms with Crippen LogP contribution in [0.15, 0.2) is 55.1 Å². The van der Waals surface area contributed by atoms with Gasteiger partial charge in [-0.2, -0.15) is 0 Å². The van der Waals surface area contributed by atoms with Crippen molar-refractivity contribution in [2.75, 3.05) is 0 Å². The van der Waals surface area contributed by atoms with E-state index in [9.17, 15) is 0 Å². The zero-order valence-corrected chi connectivity index (χ0v) is 10.9. The molecule has 0 heterocycles. The van der Waals surface area contributed by atoms with Crippen LogP contribution in [-0.4, -0.2) is 0 Å². The van der Waals surface area contributed by atoms with Crippen molar-refractivity contribution in [1.29, 1.82) is 0 Å². The maximum Gasteiger partial charge on any atom is -0.0263 e. The molecule has 2 aromatic rings. The maximum absolute atomic E-state index is 3.63. The van der Waals surface area contributed by atoms with Gasteiger partial charge in [0.25, 0.3) is 0 Å². The van der Waals surface area contributed by atoms with Crippen LogP contribution in [0.5, 0.6) is 0 Å². The van der Waals surface area contributed by atoms with Crippen LogP contribution in [0, 0.1) is 20.8 Å². The van der Waals surface area contributed by atoms with E-state index in [0.717, 1.165) is 0 Å². The third-order valence-corrected chi connectivity index (χ3v) is 2.91. The van der Waals surface area contributed by atoms with E-state index in [1.807, 2.05) is 36.4 Å². The molecule has 0 unspecified atom stereocenters. The molecule has 88 valence electrons. The van der Waals surface area contributed by atoms with Gasteiger partial charge in [-0.05, 0) is 43.0 Å². The van der Waals surface area contributed by atoms with Gasteiger partial charge in [0.1, 0.15) is 0 Å². The lowest BCUT2D eigenvalue weighted by atomic mass is 10.1. The van der Waals surface area contributed by atoms with E-state index >= 15 is 0 Å². The minimum Gasteiger partial charge on any atom is -0.0985 e. The molecule has 0 amide bonds. The fourth-order valence-corrected chi connectivity index (χ4v) is 1.49. The molecule has 0 spiro atoms. The van der Waals surface area contributed by atoms with E-state index in [1.54, 1.807) is 0 Å². The Morgan fingerprint density at radius 2 is 1.29 bits per heavy atom. The minimum atomic E-state index is 1.17. The predicted octanol–water partition coefficient (Wildman–Crippen LogP) is 4.94. The van der Waals surface area contributed by atoms with Crippen molar-refractivity contribution in [1.82, 2.24) is 0 Å². The highest BCUT2D eigenvalue weighted by Crippen LogP contribution is 2.09. The summed E-state index contributed by atoms with van der Waals surface area (Å²) in [6, 6.07) is 16.4. The highest BCUT2D eigenvalue weighted by molar-refractivity contribution is 5.45. The van der Waals surface area contributed by atoms with Crippen molar-refractivity contribution in [3.63, 3.8) is 0 Å². The van der Waals surface area contributed by atoms with Crippen molar-refractivity contribution in [2.24, 2.45) is 0 Å². The topological polar surface area (TPSA) is 0 Å². The monoisotopic (exact) mass is 224 g/mol. The molecular weight excluding hydrogens is 204 g/mol. The third kappa shape index (κ3) is 4.28. The van der Waals surface area contributed by atoms with Crippen molar-refractivity contribution < 1.29 is 0 Å². The lowest BCUT2D eigenvalue weighted by Gasteiger charge is -2.00. The van der Waals surface area contributed by atoms with Gasteiger partial charge in [0.05, 0.1) is 0 Å². The first-order valence-electron chi connectivity index (χ1n) is 5.85. The van der Waals surface area contributed by atoms with Gasteiger partial charge < -0.3 is 0 Å². The molecule has 0 saturated heterocycles. The molecule has 0 atom stereocenters. The summed E-state index contributed by atoms with van der Waals surface area (Å²) in [6.45, 7) is 10.1. The number of hydrogen-bond donors (Lipinski definition) is 0. The predicted molar refractivity (Wildman–Crippen MR) is 77.2 cm³/mol. The van der Waals surface area contributed by atoms with Crippen molar-refractivity contribution in [3.8, 4) is 0 Å². The van der Waals surface area contributed by atoms with Crippen LogP contribution in [0.3, 0.4) is 0 Å². The molecule has 0 N–H and O–H groups in total. The van der Waals surface area contributed by atoms with E-state index < -0.39 is 0 Å². The zero-order valence-electron chi connectivity index (χ0n) is 10.9. The first-order chi connectivity index (χ1) is 8.15. The smallest absolute Gasteiger partial charge is 0.0263 e. The first kappa shape index (κ1) is 13.2. The van der Waals surface area contributed by atoms with Crippen molar-refractivity contribution in [3.05, 3.63) is 77.4 Å². The van der Waals surface area contributed by atoms with Crippen LogP contribution in [0.1, 0.15) is 22.3 Å². The van der Waals surface area contributed by atoms with Crippen LogP contribution >= 0.6 is 0 Å². The Bertz CT molecular complexity index is 446. The Hall–Kier alpha value is -1.82. The lowest BCUT2D eigenvalue weighted by molar-refractivity contribution is 1.27. The summed E-state index contributed by atoms with van der Waals surface area (Å²) < 4.78 is 0. The second-order valence-electron chi connectivity index (χ2n) is 4.13. The van der Waals surface area contributed by atoms with Crippen LogP contribution in [0.2, 0.25) is 0 Å². The van der Waals surface area contributed by atoms with Crippen LogP contribution in [0.25, 0.3) is 6.08 Å². The lowest BCUT2D eigenvalue weighted by Crippen LogP contribution is -1.82. The van der Waals surface area contributed by atoms with Gasteiger partial charge in [-0.1, -0.05) is 61.2 Å². The quantitative estimate of drug-likeness (QED) is 0.643. The summed E-state index contributed by atoms with van der Waals surface area (Å²) >= 11 is 0. The van der Waals surface area contributed by atoms with E-state index in [2.05, 4.69) is 45.5 Å². The van der Waals surface area contributed by atoms with Crippen LogP contribution in [0.4, 0.5) is 0 Å². The summed E-state index contributed by atoms with van der Waals surface area (Å²) in [5.74, 6) is 0. The molecule has 0 aliphatic heterocycles. The molecule has 0 saturated carbocycles. The molecule has 2 aromatic carbocycles. The Kier molecular flexibility index (Phi) is 5.22. The number of hydrogen-bond acceptors (Lipinski definition) is 0. The fraction of sp³-hybridized carbons (Fsp3) is 0.176. The van der Waals surface area contributed by atoms with Crippen LogP contribution in [-0.2, 0) is 0 Å². The SMILES string of the molecule is C=Cc1ccccc1.Cc1cccc(C)c1C. The molecular formula is C17H20. The first-order valence-corrected chi connectivity index (χ1v) is 5.85. The van der Waals surface area contributed by atoms with Gasteiger partial charge in [-0.15, -0.1) is 0 Å². The maximum atomic E-state index is 3.63. The minimum absolute atomic E-state index is 1.17. The van der Waals surface area contributed by atoms with Gasteiger partial charge in [0.2, 0.25) is 0 Å². The van der Waals surface area contributed by atoms with Crippen molar-refractivity contribution in [2.45, 2.75) is 20.8 Å². The normalized spacial score (nSPS) is 9.12. The number of benzene rings is 2. The summed E-state index contributed by atoms with van der Waals surface area (Å²) in [4.78, 5) is 0. The second kappa shape index (κ2) is 6.70. The second-order valence-corrected chi connectivity index (χ2v) is 4.13. The number of rotatable bonds is 1. The Morgan fingerprint density at radius 3 is 1.65 bits per heavy atom. The molecule has 17 heavy (non-hydrogen) atoms. The molecule has 0 aliphatic rings. The highest BCUT2D eigenvalue weighted by atomic mass is 14.0. The average Bonchev–Trinajstić information content (AvgIpc) is 2.37. The average molecular weight is 224 g/mol. The fourth-order valence-electron chi connectivity index (χ4n) is 1.49.